The van der Waals surface area contributed by atoms with Crippen molar-refractivity contribution in [2.24, 2.45) is 0 Å². The van der Waals surface area contributed by atoms with Crippen LogP contribution in [0.15, 0.2) is 0 Å². The summed E-state index contributed by atoms with van der Waals surface area (Å²) in [5.74, 6) is 0. The molecule has 0 N–H and O–H groups in total. The van der Waals surface area contributed by atoms with Crippen LogP contribution in [-0.4, -0.2) is 6.18 Å². The molecule has 7 heavy (non-hydrogen) atoms. The van der Waals surface area contributed by atoms with Crippen LogP contribution < -0.4 is 0 Å². The fraction of sp³-hybridized carbons (Fsp3) is 0.750. The van der Waals surface area contributed by atoms with E-state index >= 15 is 0 Å². The minimum atomic E-state index is -4.07. The largest absolute Gasteiger partial charge is 0.392 e. The van der Waals surface area contributed by atoms with Crippen LogP contribution >= 0.6 is 0 Å². The maximum absolute atomic E-state index is 11.0. The topological polar surface area (TPSA) is 0 Å². The Hall–Kier alpha value is -0.210. The van der Waals surface area contributed by atoms with Gasteiger partial charge in [-0.1, -0.05) is 6.92 Å². The van der Waals surface area contributed by atoms with Crippen LogP contribution in [0, 0.1) is 6.42 Å². The van der Waals surface area contributed by atoms with Gasteiger partial charge in [0.15, 0.2) is 0 Å². The van der Waals surface area contributed by atoms with E-state index in [0.717, 1.165) is 0 Å². The standard InChI is InChI=1S/C4H6F3/c1-2-3-4(5,6)7/h3H,2H2,1H3. The van der Waals surface area contributed by atoms with Crippen molar-refractivity contribution < 1.29 is 13.2 Å². The summed E-state index contributed by atoms with van der Waals surface area (Å²) in [5.41, 5.74) is 0. The van der Waals surface area contributed by atoms with Crippen LogP contribution in [0.25, 0.3) is 0 Å². The lowest BCUT2D eigenvalue weighted by atomic mass is 10.3. The van der Waals surface area contributed by atoms with E-state index in [-0.39, 0.29) is 6.42 Å². The maximum Gasteiger partial charge on any atom is 0.392 e. The van der Waals surface area contributed by atoms with Gasteiger partial charge in [0.2, 0.25) is 0 Å². The van der Waals surface area contributed by atoms with E-state index in [9.17, 15) is 13.2 Å². The molecule has 0 aliphatic carbocycles. The minimum Gasteiger partial charge on any atom is -0.171 e. The van der Waals surface area contributed by atoms with Crippen molar-refractivity contribution in [3.05, 3.63) is 6.42 Å². The third-order valence-corrected chi connectivity index (χ3v) is 0.436. The summed E-state index contributed by atoms with van der Waals surface area (Å²) in [5, 5.41) is 0. The van der Waals surface area contributed by atoms with E-state index in [0.29, 0.717) is 6.42 Å². The van der Waals surface area contributed by atoms with Gasteiger partial charge < -0.3 is 0 Å². The van der Waals surface area contributed by atoms with E-state index in [4.69, 9.17) is 0 Å². The monoisotopic (exact) mass is 111 g/mol. The van der Waals surface area contributed by atoms with Gasteiger partial charge in [-0.2, -0.15) is 13.2 Å². The summed E-state index contributed by atoms with van der Waals surface area (Å²) in [4.78, 5) is 0. The summed E-state index contributed by atoms with van der Waals surface area (Å²) in [6.07, 6.45) is -3.70. The second-order valence-corrected chi connectivity index (χ2v) is 1.15. The quantitative estimate of drug-likeness (QED) is 0.486. The van der Waals surface area contributed by atoms with Crippen molar-refractivity contribution in [1.82, 2.24) is 0 Å². The molecule has 0 aromatic heterocycles. The van der Waals surface area contributed by atoms with Crippen molar-refractivity contribution in [2.45, 2.75) is 19.5 Å². The zero-order chi connectivity index (χ0) is 5.91. The summed E-state index contributed by atoms with van der Waals surface area (Å²) < 4.78 is 33.0. The van der Waals surface area contributed by atoms with Crippen molar-refractivity contribution in [3.63, 3.8) is 0 Å². The lowest BCUT2D eigenvalue weighted by Gasteiger charge is -1.99. The molecule has 0 aromatic carbocycles. The number of halogens is 3. The number of rotatable bonds is 1. The van der Waals surface area contributed by atoms with Gasteiger partial charge in [0, 0.05) is 0 Å². The zero-order valence-electron chi connectivity index (χ0n) is 3.92. The molecule has 0 unspecified atom stereocenters. The van der Waals surface area contributed by atoms with Gasteiger partial charge in [0.1, 0.15) is 0 Å². The molecule has 0 atom stereocenters. The summed E-state index contributed by atoms with van der Waals surface area (Å²) >= 11 is 0. The van der Waals surface area contributed by atoms with Gasteiger partial charge in [-0.25, -0.2) is 0 Å². The van der Waals surface area contributed by atoms with Crippen LogP contribution in [0.4, 0.5) is 13.2 Å². The fourth-order valence-electron chi connectivity index (χ4n) is 0.231. The van der Waals surface area contributed by atoms with Gasteiger partial charge in [-0.3, -0.25) is 0 Å². The maximum atomic E-state index is 11.0. The molecule has 0 amide bonds. The molecule has 0 bridgehead atoms. The average molecular weight is 111 g/mol. The molecular formula is C4H6F3. The average Bonchev–Trinajstić information content (AvgIpc) is 1.30. The molecule has 43 valence electrons. The summed E-state index contributed by atoms with van der Waals surface area (Å²) in [7, 11) is 0. The second kappa shape index (κ2) is 2.19. The van der Waals surface area contributed by atoms with E-state index < -0.39 is 6.18 Å². The normalized spacial score (nSPS) is 12.0. The van der Waals surface area contributed by atoms with Crippen molar-refractivity contribution in [3.8, 4) is 0 Å². The highest BCUT2D eigenvalue weighted by molar-refractivity contribution is 4.70. The van der Waals surface area contributed by atoms with E-state index in [1.54, 1.807) is 0 Å². The first-order valence-corrected chi connectivity index (χ1v) is 1.97. The Kier molecular flexibility index (Phi) is 2.12. The molecule has 3 heteroatoms. The summed E-state index contributed by atoms with van der Waals surface area (Å²) in [6.45, 7) is 1.45. The van der Waals surface area contributed by atoms with Crippen LogP contribution in [0.2, 0.25) is 0 Å². The highest BCUT2D eigenvalue weighted by Gasteiger charge is 2.25. The predicted molar refractivity (Wildman–Crippen MR) is 20.6 cm³/mol. The molecule has 0 fully saturated rings. The van der Waals surface area contributed by atoms with Crippen LogP contribution in [0.1, 0.15) is 13.3 Å². The predicted octanol–water partition coefficient (Wildman–Crippen LogP) is 2.16. The number of alkyl halides is 3. The third-order valence-electron chi connectivity index (χ3n) is 0.436. The van der Waals surface area contributed by atoms with Crippen molar-refractivity contribution in [2.75, 3.05) is 0 Å². The Morgan fingerprint density at radius 1 is 1.43 bits per heavy atom. The molecule has 0 rings (SSSR count). The fourth-order valence-corrected chi connectivity index (χ4v) is 0.231. The van der Waals surface area contributed by atoms with Gasteiger partial charge in [-0.15, -0.1) is 0 Å². The van der Waals surface area contributed by atoms with E-state index in [2.05, 4.69) is 0 Å². The first-order chi connectivity index (χ1) is 3.06. The molecule has 0 aromatic rings. The Morgan fingerprint density at radius 2 is 1.86 bits per heavy atom. The molecule has 0 aliphatic rings. The van der Waals surface area contributed by atoms with E-state index in [1.165, 1.54) is 6.92 Å². The van der Waals surface area contributed by atoms with Gasteiger partial charge in [0.05, 0.1) is 6.42 Å². The molecule has 0 heterocycles. The van der Waals surface area contributed by atoms with Crippen LogP contribution in [-0.2, 0) is 0 Å². The molecule has 0 aliphatic heterocycles. The highest BCUT2D eigenvalue weighted by atomic mass is 19.4. The SMILES string of the molecule is CC[CH]C(F)(F)F. The molecule has 0 saturated carbocycles. The first-order valence-electron chi connectivity index (χ1n) is 1.97. The molecular weight excluding hydrogens is 105 g/mol. The van der Waals surface area contributed by atoms with Gasteiger partial charge in [-0.05, 0) is 6.42 Å². The lowest BCUT2D eigenvalue weighted by Crippen LogP contribution is -2.05. The second-order valence-electron chi connectivity index (χ2n) is 1.15. The first kappa shape index (κ1) is 6.79. The van der Waals surface area contributed by atoms with Crippen molar-refractivity contribution >= 4 is 0 Å². The highest BCUT2D eigenvalue weighted by Crippen LogP contribution is 2.19. The Labute approximate surface area is 40.3 Å². The smallest absolute Gasteiger partial charge is 0.171 e. The molecule has 1 radical (unpaired) electrons. The molecule has 0 saturated heterocycles. The Morgan fingerprint density at radius 3 is 1.86 bits per heavy atom. The summed E-state index contributed by atoms with van der Waals surface area (Å²) in [6, 6.07) is 0. The van der Waals surface area contributed by atoms with Crippen LogP contribution in [0.3, 0.4) is 0 Å². The van der Waals surface area contributed by atoms with Crippen molar-refractivity contribution in [1.29, 1.82) is 0 Å². The number of hydrogen-bond acceptors (Lipinski definition) is 0. The lowest BCUT2D eigenvalue weighted by molar-refractivity contribution is -0.0977. The van der Waals surface area contributed by atoms with Gasteiger partial charge >= 0.3 is 6.18 Å². The third kappa shape index (κ3) is 5.79. The molecule has 0 spiro atoms. The number of hydrogen-bond donors (Lipinski definition) is 0. The minimum absolute atomic E-state index is 0.0590. The zero-order valence-corrected chi connectivity index (χ0v) is 3.92. The van der Waals surface area contributed by atoms with Gasteiger partial charge in [0.25, 0.3) is 0 Å². The Balaban J connectivity index is 3.15. The Bertz CT molecular complexity index is 45.4. The van der Waals surface area contributed by atoms with E-state index in [1.807, 2.05) is 0 Å². The molecule has 0 nitrogen and oxygen atoms in total. The van der Waals surface area contributed by atoms with Crippen LogP contribution in [0.5, 0.6) is 0 Å².